The Morgan fingerprint density at radius 3 is 2.31 bits per heavy atom. The van der Waals surface area contributed by atoms with Gasteiger partial charge in [0.15, 0.2) is 0 Å². The van der Waals surface area contributed by atoms with Gasteiger partial charge in [-0.3, -0.25) is 9.58 Å². The summed E-state index contributed by atoms with van der Waals surface area (Å²) in [5.74, 6) is 0.331. The van der Waals surface area contributed by atoms with Crippen molar-refractivity contribution in [3.05, 3.63) is 16.0 Å². The molecule has 0 unspecified atom stereocenters. The lowest BCUT2D eigenvalue weighted by atomic mass is 10.2. The Hall–Kier alpha value is -2.28. The van der Waals surface area contributed by atoms with E-state index in [-0.39, 0.29) is 11.7 Å². The Morgan fingerprint density at radius 1 is 1.21 bits per heavy atom. The summed E-state index contributed by atoms with van der Waals surface area (Å²) in [5, 5.41) is 4.42. The van der Waals surface area contributed by atoms with Crippen LogP contribution in [0.2, 0.25) is 0 Å². The second kappa shape index (κ2) is 8.22. The number of rotatable bonds is 2. The van der Waals surface area contributed by atoms with Gasteiger partial charge in [-0.25, -0.2) is 14.4 Å². The van der Waals surface area contributed by atoms with E-state index in [1.165, 1.54) is 4.90 Å². The smallest absolute Gasteiger partial charge is 0.414 e. The van der Waals surface area contributed by atoms with Crippen LogP contribution in [0.15, 0.2) is 4.60 Å². The van der Waals surface area contributed by atoms with Gasteiger partial charge in [-0.2, -0.15) is 5.10 Å². The lowest BCUT2D eigenvalue weighted by Crippen LogP contribution is -2.37. The molecule has 1 aromatic heterocycles. The standard InChI is InChI=1S/C19H28BrN5O4/c1-18(2,3)28-16(26)23(8)15-13(21-7)14(20)22-25(15)12-9-10-24(11-12)17(27)29-19(4,5)6/h12H,9-11H2,1-6,8H3/t12-/m0/s1. The van der Waals surface area contributed by atoms with E-state index < -0.39 is 23.4 Å². The lowest BCUT2D eigenvalue weighted by Gasteiger charge is -2.27. The normalized spacial score (nSPS) is 17.1. The Balaban J connectivity index is 2.30. The summed E-state index contributed by atoms with van der Waals surface area (Å²) < 4.78 is 12.8. The van der Waals surface area contributed by atoms with Crippen LogP contribution in [-0.4, -0.2) is 58.2 Å². The maximum Gasteiger partial charge on any atom is 0.414 e. The van der Waals surface area contributed by atoms with E-state index >= 15 is 0 Å². The summed E-state index contributed by atoms with van der Waals surface area (Å²) in [6.45, 7) is 19.2. The van der Waals surface area contributed by atoms with Crippen LogP contribution in [-0.2, 0) is 9.47 Å². The van der Waals surface area contributed by atoms with Crippen LogP contribution >= 0.6 is 15.9 Å². The Morgan fingerprint density at radius 2 is 1.79 bits per heavy atom. The van der Waals surface area contributed by atoms with Crippen molar-refractivity contribution in [3.63, 3.8) is 0 Å². The van der Waals surface area contributed by atoms with E-state index in [4.69, 9.17) is 16.0 Å². The average molecular weight is 470 g/mol. The number of hydrogen-bond donors (Lipinski definition) is 0. The van der Waals surface area contributed by atoms with Crippen molar-refractivity contribution in [1.82, 2.24) is 14.7 Å². The van der Waals surface area contributed by atoms with Crippen molar-refractivity contribution in [2.24, 2.45) is 0 Å². The molecule has 2 amide bonds. The van der Waals surface area contributed by atoms with E-state index in [0.29, 0.717) is 29.9 Å². The maximum absolute atomic E-state index is 12.6. The Labute approximate surface area is 179 Å². The number of likely N-dealkylation sites (tertiary alicyclic amines) is 1. The highest BCUT2D eigenvalue weighted by molar-refractivity contribution is 9.10. The molecule has 2 heterocycles. The van der Waals surface area contributed by atoms with Crippen molar-refractivity contribution in [3.8, 4) is 0 Å². The van der Waals surface area contributed by atoms with Crippen molar-refractivity contribution < 1.29 is 19.1 Å². The second-order valence-electron chi connectivity index (χ2n) is 8.93. The topological polar surface area (TPSA) is 81.3 Å². The zero-order valence-corrected chi connectivity index (χ0v) is 19.5. The summed E-state index contributed by atoms with van der Waals surface area (Å²) in [6, 6.07) is -0.200. The van der Waals surface area contributed by atoms with Gasteiger partial charge in [0.1, 0.15) is 21.6 Å². The number of aromatic nitrogens is 2. The van der Waals surface area contributed by atoms with Gasteiger partial charge < -0.3 is 14.4 Å². The molecule has 1 saturated heterocycles. The summed E-state index contributed by atoms with van der Waals surface area (Å²) in [7, 11) is 1.54. The minimum atomic E-state index is -0.674. The summed E-state index contributed by atoms with van der Waals surface area (Å²) in [5.41, 5.74) is -1.04. The first-order valence-corrected chi connectivity index (χ1v) is 10.1. The van der Waals surface area contributed by atoms with Crippen LogP contribution in [0.4, 0.5) is 21.1 Å². The molecule has 0 spiro atoms. The second-order valence-corrected chi connectivity index (χ2v) is 9.68. The molecule has 1 atom stereocenters. The molecule has 1 fully saturated rings. The predicted octanol–water partition coefficient (Wildman–Crippen LogP) is 4.75. The molecule has 1 aromatic rings. The van der Waals surface area contributed by atoms with Gasteiger partial charge in [-0.1, -0.05) is 0 Å². The van der Waals surface area contributed by atoms with Crippen LogP contribution in [0, 0.1) is 6.57 Å². The third kappa shape index (κ3) is 5.63. The third-order valence-corrected chi connectivity index (χ3v) is 4.61. The molecule has 9 nitrogen and oxygen atoms in total. The largest absolute Gasteiger partial charge is 0.444 e. The summed E-state index contributed by atoms with van der Waals surface area (Å²) >= 11 is 3.31. The van der Waals surface area contributed by atoms with Gasteiger partial charge >= 0.3 is 12.2 Å². The molecule has 0 aliphatic carbocycles. The minimum absolute atomic E-state index is 0.200. The SMILES string of the molecule is [C-]#[N+]c1c(Br)nn([C@H]2CCN(C(=O)OC(C)(C)C)C2)c1N(C)C(=O)OC(C)(C)C. The number of carbonyl (C=O) groups excluding carboxylic acids is 2. The number of halogens is 1. The number of ether oxygens (including phenoxy) is 2. The third-order valence-electron chi connectivity index (χ3n) is 4.08. The monoisotopic (exact) mass is 469 g/mol. The van der Waals surface area contributed by atoms with Crippen LogP contribution < -0.4 is 4.90 Å². The van der Waals surface area contributed by atoms with Crippen molar-refractivity contribution >= 4 is 39.6 Å². The fraction of sp³-hybridized carbons (Fsp3) is 0.684. The molecule has 29 heavy (non-hydrogen) atoms. The molecule has 0 saturated carbocycles. The maximum atomic E-state index is 12.6. The molecule has 1 aliphatic heterocycles. The molecule has 0 bridgehead atoms. The number of hydrogen-bond acceptors (Lipinski definition) is 5. The Bertz CT molecular complexity index is 831. The van der Waals surface area contributed by atoms with Crippen LogP contribution in [0.25, 0.3) is 4.85 Å². The first-order valence-electron chi connectivity index (χ1n) is 9.33. The fourth-order valence-electron chi connectivity index (χ4n) is 2.90. The summed E-state index contributed by atoms with van der Waals surface area (Å²) in [6.07, 6.45) is -0.350. The van der Waals surface area contributed by atoms with Crippen LogP contribution in [0.3, 0.4) is 0 Å². The van der Waals surface area contributed by atoms with Crippen molar-refractivity contribution in [2.75, 3.05) is 25.0 Å². The van der Waals surface area contributed by atoms with Crippen LogP contribution in [0.5, 0.6) is 0 Å². The first kappa shape index (κ1) is 23.0. The molecular weight excluding hydrogens is 442 g/mol. The Kier molecular flexibility index (Phi) is 6.52. The van der Waals surface area contributed by atoms with E-state index in [1.807, 2.05) is 20.8 Å². The quantitative estimate of drug-likeness (QED) is 0.583. The van der Waals surface area contributed by atoms with E-state index in [9.17, 15) is 9.59 Å². The van der Waals surface area contributed by atoms with Crippen LogP contribution in [0.1, 0.15) is 54.0 Å². The number of amides is 2. The van der Waals surface area contributed by atoms with E-state index in [0.717, 1.165) is 0 Å². The molecule has 2 rings (SSSR count). The molecule has 1 aliphatic rings. The van der Waals surface area contributed by atoms with Crippen molar-refractivity contribution in [2.45, 2.75) is 65.2 Å². The van der Waals surface area contributed by atoms with Gasteiger partial charge in [0.05, 0.1) is 12.6 Å². The zero-order valence-electron chi connectivity index (χ0n) is 17.9. The molecule has 10 heteroatoms. The molecule has 0 radical (unpaired) electrons. The molecular formula is C19H28BrN5O4. The van der Waals surface area contributed by atoms with Gasteiger partial charge in [0.25, 0.3) is 5.69 Å². The predicted molar refractivity (Wildman–Crippen MR) is 112 cm³/mol. The highest BCUT2D eigenvalue weighted by Crippen LogP contribution is 2.40. The van der Waals surface area contributed by atoms with Gasteiger partial charge in [0.2, 0.25) is 0 Å². The fourth-order valence-corrected chi connectivity index (χ4v) is 3.34. The number of anilines is 1. The van der Waals surface area contributed by atoms with Gasteiger partial charge in [-0.05, 0) is 63.9 Å². The lowest BCUT2D eigenvalue weighted by molar-refractivity contribution is 0.0287. The number of nitrogens with zero attached hydrogens (tertiary/aromatic N) is 5. The summed E-state index contributed by atoms with van der Waals surface area (Å²) in [4.78, 5) is 31.4. The number of carbonyl (C=O) groups is 2. The zero-order chi connectivity index (χ0) is 22.1. The molecule has 0 aromatic carbocycles. The highest BCUT2D eigenvalue weighted by atomic mass is 79.9. The average Bonchev–Trinajstić information content (AvgIpc) is 3.15. The van der Waals surface area contributed by atoms with Gasteiger partial charge in [-0.15, -0.1) is 0 Å². The molecule has 160 valence electrons. The van der Waals surface area contributed by atoms with E-state index in [2.05, 4.69) is 25.9 Å². The van der Waals surface area contributed by atoms with E-state index in [1.54, 1.807) is 37.4 Å². The van der Waals surface area contributed by atoms with Gasteiger partial charge in [0, 0.05) is 20.1 Å². The first-order chi connectivity index (χ1) is 13.2. The van der Waals surface area contributed by atoms with Crippen molar-refractivity contribution in [1.29, 1.82) is 0 Å². The minimum Gasteiger partial charge on any atom is -0.444 e. The molecule has 0 N–H and O–H groups in total. The highest BCUT2D eigenvalue weighted by Gasteiger charge is 2.35.